The standard InChI is InChI=1S/C18H22NO3.BrH/c1-11-8-14(21-3)17-16-13(11)10-19(2)7-6-18(16)5-4-12(20)9-15(18)22-17;/h4-5,8,10,12,15,20H,6-7,9H2,1-3H3;1H/q+1;/p-1/t12-,15?,18?;/m0./s1. The van der Waals surface area contributed by atoms with Gasteiger partial charge in [0.25, 0.3) is 0 Å². The number of aryl methyl sites for hydroxylation is 1. The topological polar surface area (TPSA) is 41.7 Å². The van der Waals surface area contributed by atoms with Gasteiger partial charge in [-0.25, -0.2) is 4.58 Å². The van der Waals surface area contributed by atoms with Gasteiger partial charge in [0.1, 0.15) is 19.7 Å². The molecule has 23 heavy (non-hydrogen) atoms. The number of ether oxygens (including phenoxy) is 2. The normalized spacial score (nSPS) is 30.3. The van der Waals surface area contributed by atoms with Gasteiger partial charge in [0.15, 0.2) is 17.7 Å². The molecule has 2 unspecified atom stereocenters. The van der Waals surface area contributed by atoms with Gasteiger partial charge in [-0.1, -0.05) is 12.2 Å². The molecule has 2 heterocycles. The second-order valence-electron chi connectivity index (χ2n) is 6.68. The third kappa shape index (κ3) is 2.24. The van der Waals surface area contributed by atoms with E-state index in [1.807, 2.05) is 6.08 Å². The molecule has 3 aliphatic rings. The highest BCUT2D eigenvalue weighted by Gasteiger charge is 2.53. The van der Waals surface area contributed by atoms with Crippen molar-refractivity contribution in [1.82, 2.24) is 0 Å². The number of hydrogen-bond acceptors (Lipinski definition) is 3. The number of hydrogen-bond donors (Lipinski definition) is 1. The maximum atomic E-state index is 10.0. The van der Waals surface area contributed by atoms with Crippen molar-refractivity contribution in [3.8, 4) is 11.5 Å². The average Bonchev–Trinajstić information content (AvgIpc) is 2.74. The first kappa shape index (κ1) is 16.5. The van der Waals surface area contributed by atoms with Crippen LogP contribution in [0.3, 0.4) is 0 Å². The van der Waals surface area contributed by atoms with Crippen LogP contribution in [0.25, 0.3) is 0 Å². The van der Waals surface area contributed by atoms with Crippen LogP contribution in [-0.2, 0) is 5.41 Å². The summed E-state index contributed by atoms with van der Waals surface area (Å²) in [5.41, 5.74) is 3.53. The summed E-state index contributed by atoms with van der Waals surface area (Å²) in [5.74, 6) is 1.66. The minimum absolute atomic E-state index is 0. The van der Waals surface area contributed by atoms with E-state index in [9.17, 15) is 5.11 Å². The first-order valence-corrected chi connectivity index (χ1v) is 7.86. The van der Waals surface area contributed by atoms with Gasteiger partial charge in [0.2, 0.25) is 0 Å². The Morgan fingerprint density at radius 2 is 2.22 bits per heavy atom. The summed E-state index contributed by atoms with van der Waals surface area (Å²) in [6.45, 7) is 3.09. The molecule has 2 aliphatic heterocycles. The van der Waals surface area contributed by atoms with Crippen LogP contribution in [0.4, 0.5) is 0 Å². The highest BCUT2D eigenvalue weighted by molar-refractivity contribution is 5.85. The van der Waals surface area contributed by atoms with Crippen LogP contribution in [0.15, 0.2) is 18.2 Å². The van der Waals surface area contributed by atoms with Gasteiger partial charge >= 0.3 is 0 Å². The molecule has 3 atom stereocenters. The predicted octanol–water partition coefficient (Wildman–Crippen LogP) is -1.21. The highest BCUT2D eigenvalue weighted by atomic mass is 79.9. The number of rotatable bonds is 1. The molecule has 124 valence electrons. The zero-order valence-electron chi connectivity index (χ0n) is 13.7. The minimum atomic E-state index is -0.426. The molecule has 4 nitrogen and oxygen atoms in total. The van der Waals surface area contributed by atoms with E-state index < -0.39 is 6.10 Å². The van der Waals surface area contributed by atoms with Gasteiger partial charge in [-0.05, 0) is 18.6 Å². The van der Waals surface area contributed by atoms with Crippen LogP contribution >= 0.6 is 0 Å². The van der Waals surface area contributed by atoms with E-state index in [2.05, 4.69) is 36.9 Å². The average molecular weight is 380 g/mol. The van der Waals surface area contributed by atoms with E-state index in [1.54, 1.807) is 7.11 Å². The first-order valence-electron chi connectivity index (χ1n) is 7.86. The van der Waals surface area contributed by atoms with Crippen molar-refractivity contribution in [3.63, 3.8) is 0 Å². The first-order chi connectivity index (χ1) is 10.5. The molecule has 0 saturated heterocycles. The van der Waals surface area contributed by atoms with Crippen LogP contribution in [0.1, 0.15) is 29.5 Å². The summed E-state index contributed by atoms with van der Waals surface area (Å²) >= 11 is 0. The number of halogens is 1. The molecular weight excluding hydrogens is 358 g/mol. The van der Waals surface area contributed by atoms with E-state index in [1.165, 1.54) is 16.7 Å². The van der Waals surface area contributed by atoms with Crippen LogP contribution in [0.2, 0.25) is 0 Å². The van der Waals surface area contributed by atoms with Crippen molar-refractivity contribution < 1.29 is 36.1 Å². The lowest BCUT2D eigenvalue weighted by Gasteiger charge is -2.34. The van der Waals surface area contributed by atoms with E-state index >= 15 is 0 Å². The van der Waals surface area contributed by atoms with Gasteiger partial charge in [-0.3, -0.25) is 0 Å². The maximum Gasteiger partial charge on any atom is 0.171 e. The van der Waals surface area contributed by atoms with Gasteiger partial charge in [0.05, 0.1) is 18.6 Å². The summed E-state index contributed by atoms with van der Waals surface area (Å²) in [7, 11) is 3.80. The molecular formula is C18H22BrNO3. The number of aliphatic hydroxyl groups excluding tert-OH is 1. The maximum absolute atomic E-state index is 10.0. The van der Waals surface area contributed by atoms with Gasteiger partial charge in [-0.15, -0.1) is 0 Å². The van der Waals surface area contributed by atoms with Crippen LogP contribution in [0.5, 0.6) is 11.5 Å². The fourth-order valence-electron chi connectivity index (χ4n) is 4.13. The summed E-state index contributed by atoms with van der Waals surface area (Å²) < 4.78 is 14.1. The molecule has 0 aromatic heterocycles. The van der Waals surface area contributed by atoms with Gasteiger partial charge < -0.3 is 31.6 Å². The summed E-state index contributed by atoms with van der Waals surface area (Å²) in [4.78, 5) is 0. The monoisotopic (exact) mass is 379 g/mol. The molecule has 1 aromatic carbocycles. The Bertz CT molecular complexity index is 713. The molecule has 0 saturated carbocycles. The lowest BCUT2D eigenvalue weighted by molar-refractivity contribution is -0.493. The molecule has 0 bridgehead atoms. The summed E-state index contributed by atoms with van der Waals surface area (Å²) in [5, 5.41) is 10.0. The fraction of sp³-hybridized carbons (Fsp3) is 0.500. The summed E-state index contributed by atoms with van der Waals surface area (Å²) in [6, 6.07) is 2.05. The third-order valence-electron chi connectivity index (χ3n) is 5.31. The largest absolute Gasteiger partial charge is 1.00 e. The Kier molecular flexibility index (Phi) is 4.05. The SMILES string of the molecule is COc1cc(C)c2c3c1OC1C[C@@H](O)C=CC31CC[N+](C)=C2.[Br-]. The van der Waals surface area contributed by atoms with Crippen LogP contribution < -0.4 is 26.5 Å². The second kappa shape index (κ2) is 5.64. The Morgan fingerprint density at radius 1 is 1.43 bits per heavy atom. The zero-order chi connectivity index (χ0) is 15.5. The smallest absolute Gasteiger partial charge is 0.171 e. The molecule has 0 radical (unpaired) electrons. The van der Waals surface area contributed by atoms with E-state index in [4.69, 9.17) is 9.47 Å². The van der Waals surface area contributed by atoms with Crippen molar-refractivity contribution in [1.29, 1.82) is 0 Å². The Balaban J connectivity index is 0.00000156. The van der Waals surface area contributed by atoms with E-state index in [0.29, 0.717) is 6.42 Å². The van der Waals surface area contributed by atoms with Gasteiger partial charge in [0, 0.05) is 24.0 Å². The van der Waals surface area contributed by atoms with Crippen molar-refractivity contribution in [2.45, 2.75) is 37.4 Å². The lowest BCUT2D eigenvalue weighted by atomic mass is 9.68. The zero-order valence-corrected chi connectivity index (χ0v) is 15.3. The van der Waals surface area contributed by atoms with Crippen LogP contribution in [0, 0.1) is 6.92 Å². The predicted molar refractivity (Wildman–Crippen MR) is 84.4 cm³/mol. The van der Waals surface area contributed by atoms with E-state index in [-0.39, 0.29) is 28.5 Å². The molecule has 4 rings (SSSR count). The summed E-state index contributed by atoms with van der Waals surface area (Å²) in [6.07, 6.45) is 7.50. The molecule has 5 heteroatoms. The van der Waals surface area contributed by atoms with Gasteiger partial charge in [-0.2, -0.15) is 0 Å². The van der Waals surface area contributed by atoms with E-state index in [0.717, 1.165) is 24.5 Å². The molecule has 1 aliphatic carbocycles. The van der Waals surface area contributed by atoms with Crippen LogP contribution in [-0.4, -0.2) is 48.8 Å². The Morgan fingerprint density at radius 3 is 2.96 bits per heavy atom. The van der Waals surface area contributed by atoms with Crippen molar-refractivity contribution in [2.24, 2.45) is 0 Å². The Hall–Kier alpha value is -1.33. The fourth-order valence-corrected chi connectivity index (χ4v) is 4.13. The Labute approximate surface area is 147 Å². The van der Waals surface area contributed by atoms with Crippen molar-refractivity contribution in [2.75, 3.05) is 20.7 Å². The number of aliphatic hydroxyl groups is 1. The number of benzene rings is 1. The minimum Gasteiger partial charge on any atom is -1.00 e. The van der Waals surface area contributed by atoms with Crippen molar-refractivity contribution >= 4 is 6.21 Å². The third-order valence-corrected chi connectivity index (χ3v) is 5.31. The molecule has 1 N–H and O–H groups in total. The van der Waals surface area contributed by atoms with Crippen molar-refractivity contribution in [3.05, 3.63) is 34.9 Å². The lowest BCUT2D eigenvalue weighted by Crippen LogP contribution is -3.00. The quantitative estimate of drug-likeness (QED) is 0.491. The molecule has 1 spiro atoms. The second-order valence-corrected chi connectivity index (χ2v) is 6.68. The number of nitrogens with zero attached hydrogens (tertiary/aromatic N) is 1. The molecule has 1 aromatic rings. The highest BCUT2D eigenvalue weighted by Crippen LogP contribution is 2.55. The molecule has 0 fully saturated rings. The molecule has 0 amide bonds. The number of methoxy groups -OCH3 is 1.